The molecule has 0 N–H and O–H groups in total. The molecular formula is C13H13N7O2. The maximum atomic E-state index is 11.1. The van der Waals surface area contributed by atoms with Crippen LogP contribution in [0.1, 0.15) is 17.2 Å². The van der Waals surface area contributed by atoms with Gasteiger partial charge in [0.05, 0.1) is 10.6 Å². The van der Waals surface area contributed by atoms with E-state index in [4.69, 9.17) is 0 Å². The predicted octanol–water partition coefficient (Wildman–Crippen LogP) is 1.43. The molecule has 0 atom stereocenters. The van der Waals surface area contributed by atoms with Gasteiger partial charge in [-0.25, -0.2) is 0 Å². The Morgan fingerprint density at radius 3 is 2.59 bits per heavy atom. The van der Waals surface area contributed by atoms with Gasteiger partial charge >= 0.3 is 5.69 Å². The maximum absolute atomic E-state index is 11.1. The summed E-state index contributed by atoms with van der Waals surface area (Å²) < 4.78 is 3.13. The summed E-state index contributed by atoms with van der Waals surface area (Å²) in [5, 5.41) is 26.9. The van der Waals surface area contributed by atoms with Crippen molar-refractivity contribution in [1.29, 1.82) is 0 Å². The summed E-state index contributed by atoms with van der Waals surface area (Å²) in [7, 11) is 0. The van der Waals surface area contributed by atoms with Crippen LogP contribution in [0, 0.1) is 24.0 Å². The third kappa shape index (κ3) is 2.32. The van der Waals surface area contributed by atoms with Crippen molar-refractivity contribution in [2.75, 3.05) is 0 Å². The van der Waals surface area contributed by atoms with E-state index in [9.17, 15) is 10.1 Å². The first-order valence-corrected chi connectivity index (χ1v) is 6.59. The molecule has 0 unspecified atom stereocenters. The van der Waals surface area contributed by atoms with Gasteiger partial charge in [-0.3, -0.25) is 14.8 Å². The predicted molar refractivity (Wildman–Crippen MR) is 76.6 cm³/mol. The van der Waals surface area contributed by atoms with E-state index in [1.807, 2.05) is 30.3 Å². The van der Waals surface area contributed by atoms with Gasteiger partial charge < -0.3 is 0 Å². The Morgan fingerprint density at radius 2 is 1.95 bits per heavy atom. The molecule has 2 heterocycles. The molecule has 0 aliphatic carbocycles. The SMILES string of the molecule is Cc1nn(Cc2nnnn2-c2ccccc2)c(C)c1[N+](=O)[O-]. The largest absolute Gasteiger partial charge is 0.312 e. The molecule has 0 fully saturated rings. The van der Waals surface area contributed by atoms with E-state index in [0.29, 0.717) is 17.2 Å². The lowest BCUT2D eigenvalue weighted by Crippen LogP contribution is -2.11. The van der Waals surface area contributed by atoms with E-state index in [0.717, 1.165) is 5.69 Å². The van der Waals surface area contributed by atoms with Crippen LogP contribution in [-0.2, 0) is 6.54 Å². The number of hydrogen-bond donors (Lipinski definition) is 0. The molecule has 0 spiro atoms. The fourth-order valence-corrected chi connectivity index (χ4v) is 2.31. The van der Waals surface area contributed by atoms with Gasteiger partial charge in [-0.15, -0.1) is 5.10 Å². The first-order chi connectivity index (χ1) is 10.6. The Kier molecular flexibility index (Phi) is 3.37. The second kappa shape index (κ2) is 5.35. The lowest BCUT2D eigenvalue weighted by atomic mass is 10.3. The number of nitro groups is 1. The van der Waals surface area contributed by atoms with Gasteiger partial charge in [0.1, 0.15) is 17.9 Å². The zero-order chi connectivity index (χ0) is 15.7. The van der Waals surface area contributed by atoms with Crippen molar-refractivity contribution in [3.8, 4) is 5.69 Å². The smallest absolute Gasteiger partial charge is 0.258 e. The number of nitrogens with zero attached hydrogens (tertiary/aromatic N) is 7. The average molecular weight is 299 g/mol. The van der Waals surface area contributed by atoms with E-state index in [-0.39, 0.29) is 12.2 Å². The highest BCUT2D eigenvalue weighted by Crippen LogP contribution is 2.22. The van der Waals surface area contributed by atoms with Crippen molar-refractivity contribution in [3.05, 3.63) is 57.7 Å². The first-order valence-electron chi connectivity index (χ1n) is 6.59. The first kappa shape index (κ1) is 13.9. The number of para-hydroxylation sites is 1. The lowest BCUT2D eigenvalue weighted by Gasteiger charge is -2.05. The molecule has 0 aliphatic rings. The topological polar surface area (TPSA) is 105 Å². The van der Waals surface area contributed by atoms with E-state index in [1.165, 1.54) is 0 Å². The summed E-state index contributed by atoms with van der Waals surface area (Å²) in [4.78, 5) is 10.6. The van der Waals surface area contributed by atoms with Gasteiger partial charge in [-0.1, -0.05) is 18.2 Å². The van der Waals surface area contributed by atoms with E-state index in [2.05, 4.69) is 20.6 Å². The minimum atomic E-state index is -0.422. The van der Waals surface area contributed by atoms with Crippen molar-refractivity contribution in [2.24, 2.45) is 0 Å². The third-order valence-electron chi connectivity index (χ3n) is 3.35. The van der Waals surface area contributed by atoms with E-state index >= 15 is 0 Å². The zero-order valence-electron chi connectivity index (χ0n) is 12.0. The van der Waals surface area contributed by atoms with Gasteiger partial charge in [-0.2, -0.15) is 9.78 Å². The molecule has 112 valence electrons. The molecule has 3 aromatic rings. The Hall–Kier alpha value is -3.10. The molecule has 9 nitrogen and oxygen atoms in total. The highest BCUT2D eigenvalue weighted by atomic mass is 16.6. The third-order valence-corrected chi connectivity index (χ3v) is 3.35. The number of hydrogen-bond acceptors (Lipinski definition) is 6. The molecule has 0 saturated heterocycles. The van der Waals surface area contributed by atoms with Crippen LogP contribution in [0.15, 0.2) is 30.3 Å². The highest BCUT2D eigenvalue weighted by Gasteiger charge is 2.23. The number of benzene rings is 1. The zero-order valence-corrected chi connectivity index (χ0v) is 12.0. The van der Waals surface area contributed by atoms with Gasteiger partial charge in [0.2, 0.25) is 0 Å². The summed E-state index contributed by atoms with van der Waals surface area (Å²) in [5.41, 5.74) is 1.70. The molecule has 1 aromatic carbocycles. The molecule has 2 aromatic heterocycles. The summed E-state index contributed by atoms with van der Waals surface area (Å²) in [5.74, 6) is 0.548. The minimum absolute atomic E-state index is 0.0266. The van der Waals surface area contributed by atoms with Gasteiger partial charge in [0, 0.05) is 0 Å². The van der Waals surface area contributed by atoms with E-state index < -0.39 is 4.92 Å². The van der Waals surface area contributed by atoms with Crippen LogP contribution >= 0.6 is 0 Å². The quantitative estimate of drug-likeness (QED) is 0.533. The fraction of sp³-hybridized carbons (Fsp3) is 0.231. The number of rotatable bonds is 4. The molecule has 0 aliphatic heterocycles. The molecule has 9 heteroatoms. The second-order valence-electron chi connectivity index (χ2n) is 4.78. The molecule has 0 saturated carbocycles. The maximum Gasteiger partial charge on any atom is 0.312 e. The van der Waals surface area contributed by atoms with Crippen molar-refractivity contribution < 1.29 is 4.92 Å². The Bertz CT molecular complexity index is 822. The van der Waals surface area contributed by atoms with Crippen molar-refractivity contribution in [3.63, 3.8) is 0 Å². The molecular weight excluding hydrogens is 286 g/mol. The lowest BCUT2D eigenvalue weighted by molar-refractivity contribution is -0.386. The summed E-state index contributed by atoms with van der Waals surface area (Å²) in [6.07, 6.45) is 0. The molecule has 0 radical (unpaired) electrons. The standard InChI is InChI=1S/C13H13N7O2/c1-9-13(20(21)22)10(2)18(15-9)8-12-14-16-17-19(12)11-6-4-3-5-7-11/h3-7H,8H2,1-2H3. The Labute approximate surface area is 125 Å². The minimum Gasteiger partial charge on any atom is -0.258 e. The monoisotopic (exact) mass is 299 g/mol. The van der Waals surface area contributed by atoms with Gasteiger partial charge in [0.25, 0.3) is 0 Å². The number of aryl methyl sites for hydroxylation is 1. The van der Waals surface area contributed by atoms with Crippen molar-refractivity contribution in [2.45, 2.75) is 20.4 Å². The van der Waals surface area contributed by atoms with Crippen LogP contribution in [0.3, 0.4) is 0 Å². The average Bonchev–Trinajstić information content (AvgIpc) is 3.05. The van der Waals surface area contributed by atoms with Gasteiger partial charge in [0.15, 0.2) is 5.82 Å². The molecule has 3 rings (SSSR count). The van der Waals surface area contributed by atoms with Crippen LogP contribution in [-0.4, -0.2) is 34.9 Å². The summed E-state index contributed by atoms with van der Waals surface area (Å²) in [6, 6.07) is 9.43. The molecule has 0 bridgehead atoms. The Balaban J connectivity index is 1.98. The number of aromatic nitrogens is 6. The fourth-order valence-electron chi connectivity index (χ4n) is 2.31. The van der Waals surface area contributed by atoms with Crippen molar-refractivity contribution in [1.82, 2.24) is 30.0 Å². The van der Waals surface area contributed by atoms with Crippen LogP contribution < -0.4 is 0 Å². The number of tetrazole rings is 1. The molecule has 0 amide bonds. The summed E-state index contributed by atoms with van der Waals surface area (Å²) in [6.45, 7) is 3.53. The van der Waals surface area contributed by atoms with Crippen molar-refractivity contribution >= 4 is 5.69 Å². The van der Waals surface area contributed by atoms with Crippen LogP contribution in [0.2, 0.25) is 0 Å². The normalized spacial score (nSPS) is 10.8. The van der Waals surface area contributed by atoms with Crippen LogP contribution in [0.5, 0.6) is 0 Å². The summed E-state index contributed by atoms with van der Waals surface area (Å²) >= 11 is 0. The Morgan fingerprint density at radius 1 is 1.23 bits per heavy atom. The van der Waals surface area contributed by atoms with Gasteiger partial charge in [-0.05, 0) is 36.4 Å². The second-order valence-corrected chi connectivity index (χ2v) is 4.78. The highest BCUT2D eigenvalue weighted by molar-refractivity contribution is 5.39. The van der Waals surface area contributed by atoms with E-state index in [1.54, 1.807) is 23.2 Å². The van der Waals surface area contributed by atoms with Crippen LogP contribution in [0.4, 0.5) is 5.69 Å². The van der Waals surface area contributed by atoms with Crippen LogP contribution in [0.25, 0.3) is 5.69 Å². The molecule has 22 heavy (non-hydrogen) atoms.